The van der Waals surface area contributed by atoms with E-state index < -0.39 is 0 Å². The summed E-state index contributed by atoms with van der Waals surface area (Å²) >= 11 is 0. The van der Waals surface area contributed by atoms with Crippen LogP contribution in [0.15, 0.2) is 18.2 Å². The summed E-state index contributed by atoms with van der Waals surface area (Å²) in [5, 5.41) is 0. The SMILES string of the molecule is Cc1cccc(C)c1O[C@@H](C)CN1CCCCCCC1. The van der Waals surface area contributed by atoms with E-state index in [2.05, 4.69) is 43.9 Å². The van der Waals surface area contributed by atoms with Crippen molar-refractivity contribution in [2.75, 3.05) is 19.6 Å². The Kier molecular flexibility index (Phi) is 5.90. The molecule has 2 rings (SSSR count). The zero-order valence-electron chi connectivity index (χ0n) is 13.3. The Morgan fingerprint density at radius 1 is 1.00 bits per heavy atom. The van der Waals surface area contributed by atoms with Crippen LogP contribution in [0.2, 0.25) is 0 Å². The van der Waals surface area contributed by atoms with Crippen LogP contribution in [0.3, 0.4) is 0 Å². The normalized spacial score (nSPS) is 19.1. The van der Waals surface area contributed by atoms with E-state index in [9.17, 15) is 0 Å². The second kappa shape index (κ2) is 7.68. The molecule has 0 spiro atoms. The minimum Gasteiger partial charge on any atom is -0.489 e. The van der Waals surface area contributed by atoms with Gasteiger partial charge in [-0.2, -0.15) is 0 Å². The molecule has 1 aliphatic rings. The summed E-state index contributed by atoms with van der Waals surface area (Å²) in [5.41, 5.74) is 2.48. The van der Waals surface area contributed by atoms with E-state index in [1.165, 1.54) is 56.3 Å². The molecule has 1 aliphatic heterocycles. The van der Waals surface area contributed by atoms with Gasteiger partial charge in [-0.1, -0.05) is 37.5 Å². The smallest absolute Gasteiger partial charge is 0.125 e. The van der Waals surface area contributed by atoms with E-state index in [1.807, 2.05) is 0 Å². The number of likely N-dealkylation sites (tertiary alicyclic amines) is 1. The molecule has 0 radical (unpaired) electrons. The molecule has 1 aromatic rings. The van der Waals surface area contributed by atoms with E-state index in [-0.39, 0.29) is 6.10 Å². The lowest BCUT2D eigenvalue weighted by Crippen LogP contribution is -2.36. The Bertz CT molecular complexity index is 388. The highest BCUT2D eigenvalue weighted by Crippen LogP contribution is 2.24. The number of para-hydroxylation sites is 1. The van der Waals surface area contributed by atoms with E-state index in [0.717, 1.165) is 12.3 Å². The lowest BCUT2D eigenvalue weighted by molar-refractivity contribution is 0.137. The summed E-state index contributed by atoms with van der Waals surface area (Å²) in [6.07, 6.45) is 7.15. The molecule has 0 unspecified atom stereocenters. The van der Waals surface area contributed by atoms with Gasteiger partial charge in [0.2, 0.25) is 0 Å². The average Bonchev–Trinajstić information content (AvgIpc) is 2.37. The standard InChI is InChI=1S/C18H29NO/c1-15-10-9-11-16(2)18(15)20-17(3)14-19-12-7-5-4-6-8-13-19/h9-11,17H,4-8,12-14H2,1-3H3/t17-/m0/s1. The zero-order chi connectivity index (χ0) is 14.4. The third-order valence-corrected chi connectivity index (χ3v) is 4.19. The van der Waals surface area contributed by atoms with Gasteiger partial charge in [0.05, 0.1) is 0 Å². The Balaban J connectivity index is 1.89. The van der Waals surface area contributed by atoms with Crippen molar-refractivity contribution in [3.63, 3.8) is 0 Å². The van der Waals surface area contributed by atoms with Gasteiger partial charge in [0.15, 0.2) is 0 Å². The number of hydrogen-bond donors (Lipinski definition) is 0. The topological polar surface area (TPSA) is 12.5 Å². The largest absolute Gasteiger partial charge is 0.489 e. The predicted molar refractivity (Wildman–Crippen MR) is 85.5 cm³/mol. The van der Waals surface area contributed by atoms with E-state index in [1.54, 1.807) is 0 Å². The summed E-state index contributed by atoms with van der Waals surface area (Å²) in [5.74, 6) is 1.08. The van der Waals surface area contributed by atoms with Crippen LogP contribution in [0.1, 0.15) is 50.2 Å². The third-order valence-electron chi connectivity index (χ3n) is 4.19. The van der Waals surface area contributed by atoms with Crippen molar-refractivity contribution in [2.24, 2.45) is 0 Å². The summed E-state index contributed by atoms with van der Waals surface area (Å²) in [6.45, 7) is 9.98. The second-order valence-electron chi connectivity index (χ2n) is 6.22. The number of ether oxygens (including phenoxy) is 1. The van der Waals surface area contributed by atoms with Crippen LogP contribution in [0.25, 0.3) is 0 Å². The molecule has 0 bridgehead atoms. The fourth-order valence-electron chi connectivity index (χ4n) is 3.08. The molecule has 1 fully saturated rings. The molecule has 20 heavy (non-hydrogen) atoms. The lowest BCUT2D eigenvalue weighted by Gasteiger charge is -2.28. The number of nitrogens with zero attached hydrogens (tertiary/aromatic N) is 1. The van der Waals surface area contributed by atoms with Crippen molar-refractivity contribution >= 4 is 0 Å². The molecular formula is C18H29NO. The van der Waals surface area contributed by atoms with Crippen LogP contribution in [0.5, 0.6) is 5.75 Å². The highest BCUT2D eigenvalue weighted by atomic mass is 16.5. The maximum Gasteiger partial charge on any atom is 0.125 e. The lowest BCUT2D eigenvalue weighted by atomic mass is 10.1. The van der Waals surface area contributed by atoms with E-state index >= 15 is 0 Å². The van der Waals surface area contributed by atoms with Gasteiger partial charge in [-0.05, 0) is 57.8 Å². The van der Waals surface area contributed by atoms with Crippen LogP contribution >= 0.6 is 0 Å². The summed E-state index contributed by atoms with van der Waals surface area (Å²) in [6, 6.07) is 6.36. The van der Waals surface area contributed by atoms with Crippen LogP contribution < -0.4 is 4.74 Å². The number of hydrogen-bond acceptors (Lipinski definition) is 2. The summed E-state index contributed by atoms with van der Waals surface area (Å²) in [7, 11) is 0. The van der Waals surface area contributed by atoms with Crippen molar-refractivity contribution in [2.45, 2.75) is 59.0 Å². The van der Waals surface area contributed by atoms with Gasteiger partial charge >= 0.3 is 0 Å². The fourth-order valence-corrected chi connectivity index (χ4v) is 3.08. The maximum atomic E-state index is 6.21. The molecule has 2 nitrogen and oxygen atoms in total. The van der Waals surface area contributed by atoms with Gasteiger partial charge in [-0.3, -0.25) is 4.90 Å². The van der Waals surface area contributed by atoms with Gasteiger partial charge in [0.1, 0.15) is 11.9 Å². The predicted octanol–water partition coefficient (Wildman–Crippen LogP) is 4.34. The molecule has 112 valence electrons. The molecule has 1 saturated heterocycles. The first-order valence-corrected chi connectivity index (χ1v) is 8.12. The highest BCUT2D eigenvalue weighted by Gasteiger charge is 2.14. The minimum atomic E-state index is 0.259. The second-order valence-corrected chi connectivity index (χ2v) is 6.22. The summed E-state index contributed by atoms with van der Waals surface area (Å²) < 4.78 is 6.21. The molecule has 0 aromatic heterocycles. The third kappa shape index (κ3) is 4.52. The number of rotatable bonds is 4. The van der Waals surface area contributed by atoms with Crippen molar-refractivity contribution in [3.05, 3.63) is 29.3 Å². The van der Waals surface area contributed by atoms with Gasteiger partial charge in [0, 0.05) is 6.54 Å². The van der Waals surface area contributed by atoms with Crippen molar-refractivity contribution in [1.29, 1.82) is 0 Å². The first-order valence-electron chi connectivity index (χ1n) is 8.12. The fraction of sp³-hybridized carbons (Fsp3) is 0.667. The summed E-state index contributed by atoms with van der Waals surface area (Å²) in [4.78, 5) is 2.58. The molecule has 0 aliphatic carbocycles. The van der Waals surface area contributed by atoms with Gasteiger partial charge in [0.25, 0.3) is 0 Å². The molecule has 0 N–H and O–H groups in total. The Morgan fingerprint density at radius 2 is 1.55 bits per heavy atom. The monoisotopic (exact) mass is 275 g/mol. The minimum absolute atomic E-state index is 0.259. The quantitative estimate of drug-likeness (QED) is 0.810. The van der Waals surface area contributed by atoms with Crippen molar-refractivity contribution in [1.82, 2.24) is 4.90 Å². The molecule has 2 heteroatoms. The Labute approximate surface area is 124 Å². The molecular weight excluding hydrogens is 246 g/mol. The average molecular weight is 275 g/mol. The van der Waals surface area contributed by atoms with Gasteiger partial charge < -0.3 is 4.74 Å². The maximum absolute atomic E-state index is 6.21. The van der Waals surface area contributed by atoms with Crippen LogP contribution in [-0.2, 0) is 0 Å². The van der Waals surface area contributed by atoms with E-state index in [4.69, 9.17) is 4.74 Å². The van der Waals surface area contributed by atoms with Gasteiger partial charge in [-0.15, -0.1) is 0 Å². The molecule has 1 aromatic carbocycles. The molecule has 1 atom stereocenters. The van der Waals surface area contributed by atoms with Crippen molar-refractivity contribution < 1.29 is 4.74 Å². The highest BCUT2D eigenvalue weighted by molar-refractivity contribution is 5.39. The zero-order valence-corrected chi connectivity index (χ0v) is 13.3. The van der Waals surface area contributed by atoms with E-state index in [0.29, 0.717) is 0 Å². The van der Waals surface area contributed by atoms with Crippen molar-refractivity contribution in [3.8, 4) is 5.75 Å². The van der Waals surface area contributed by atoms with Crippen LogP contribution in [-0.4, -0.2) is 30.6 Å². The Morgan fingerprint density at radius 3 is 2.15 bits per heavy atom. The van der Waals surface area contributed by atoms with Crippen LogP contribution in [0, 0.1) is 13.8 Å². The number of aryl methyl sites for hydroxylation is 2. The first kappa shape index (κ1) is 15.4. The first-order chi connectivity index (χ1) is 9.66. The Hall–Kier alpha value is -1.02. The molecule has 1 heterocycles. The number of benzene rings is 1. The molecule has 0 saturated carbocycles. The van der Waals surface area contributed by atoms with Gasteiger partial charge in [-0.25, -0.2) is 0 Å². The molecule has 0 amide bonds. The van der Waals surface area contributed by atoms with Crippen LogP contribution in [0.4, 0.5) is 0 Å².